The monoisotopic (exact) mass is 678 g/mol. The summed E-state index contributed by atoms with van der Waals surface area (Å²) in [6, 6.07) is 5.77. The van der Waals surface area contributed by atoms with E-state index in [4.69, 9.17) is 9.47 Å². The van der Waals surface area contributed by atoms with E-state index >= 15 is 0 Å². The molecule has 0 aromatic heterocycles. The fourth-order valence-corrected chi connectivity index (χ4v) is 12.8. The summed E-state index contributed by atoms with van der Waals surface area (Å²) >= 11 is 9.32. The third-order valence-electron chi connectivity index (χ3n) is 4.04. The van der Waals surface area contributed by atoms with Gasteiger partial charge in [0.2, 0.25) is 0 Å². The van der Waals surface area contributed by atoms with Crippen molar-refractivity contribution in [1.82, 2.24) is 0 Å². The van der Waals surface area contributed by atoms with E-state index in [0.717, 1.165) is 22.8 Å². The van der Waals surface area contributed by atoms with Crippen molar-refractivity contribution in [2.45, 2.75) is 32.4 Å². The van der Waals surface area contributed by atoms with Crippen molar-refractivity contribution in [3.63, 3.8) is 0 Å². The first-order chi connectivity index (χ1) is 12.6. The molecule has 0 aliphatic carbocycles. The number of aryl methyl sites for hydroxylation is 2. The van der Waals surface area contributed by atoms with Crippen molar-refractivity contribution in [3.05, 3.63) is 56.0 Å². The van der Waals surface area contributed by atoms with Crippen LogP contribution in [0.3, 0.4) is 0 Å². The molecular weight excluding hydrogens is 658 g/mol. The zero-order chi connectivity index (χ0) is 20.2. The van der Waals surface area contributed by atoms with E-state index in [1.807, 2.05) is 13.8 Å². The van der Waals surface area contributed by atoms with E-state index < -0.39 is 9.96 Å². The van der Waals surface area contributed by atoms with Crippen LogP contribution in [0.2, 0.25) is 5.25 Å². The standard InChI is InChI=1S/C19H21Br2F2GeIO2/c1-4-5-24(25,10-26-18-12(2)6-14(22)8-16(18)20)11-27-19-13(3)7-15(23)9-17(19)21/h6-9H,4-5,10-11H2,1-3H3. The maximum atomic E-state index is 13.5. The number of rotatable bonds is 8. The maximum absolute atomic E-state index is 13.5. The van der Waals surface area contributed by atoms with Gasteiger partial charge in [-0.05, 0) is 0 Å². The summed E-state index contributed by atoms with van der Waals surface area (Å²) < 4.78 is 40.5. The van der Waals surface area contributed by atoms with Gasteiger partial charge in [0.15, 0.2) is 0 Å². The molecule has 0 bridgehead atoms. The summed E-state index contributed by atoms with van der Waals surface area (Å²) in [7, 11) is -2.52. The molecule has 0 atom stereocenters. The summed E-state index contributed by atoms with van der Waals surface area (Å²) in [5, 5.41) is 1.07. The van der Waals surface area contributed by atoms with Gasteiger partial charge < -0.3 is 0 Å². The van der Waals surface area contributed by atoms with Crippen molar-refractivity contribution in [1.29, 1.82) is 0 Å². The van der Waals surface area contributed by atoms with Gasteiger partial charge in [0, 0.05) is 0 Å². The molecule has 27 heavy (non-hydrogen) atoms. The van der Waals surface area contributed by atoms with Crippen LogP contribution < -0.4 is 9.47 Å². The van der Waals surface area contributed by atoms with Gasteiger partial charge in [-0.15, -0.1) is 0 Å². The third-order valence-corrected chi connectivity index (χ3v) is 17.0. The van der Waals surface area contributed by atoms with Crippen molar-refractivity contribution in [2.75, 3.05) is 10.9 Å². The van der Waals surface area contributed by atoms with Gasteiger partial charge in [0.25, 0.3) is 0 Å². The number of halogens is 5. The number of benzene rings is 2. The molecular formula is C19H21Br2F2GeIO2. The van der Waals surface area contributed by atoms with Crippen molar-refractivity contribution in [2.24, 2.45) is 0 Å². The van der Waals surface area contributed by atoms with Gasteiger partial charge >= 0.3 is 191 Å². The van der Waals surface area contributed by atoms with Crippen LogP contribution in [0.1, 0.15) is 24.5 Å². The van der Waals surface area contributed by atoms with Gasteiger partial charge in [-0.3, -0.25) is 0 Å². The first kappa shape index (κ1) is 23.4. The molecule has 0 heterocycles. The first-order valence-corrected chi connectivity index (χ1v) is 20.9. The third kappa shape index (κ3) is 6.57. The minimum absolute atomic E-state index is 0.289. The molecule has 0 aliphatic heterocycles. The molecule has 2 rings (SSSR count). The van der Waals surface area contributed by atoms with Crippen LogP contribution in [0.4, 0.5) is 8.78 Å². The molecule has 0 amide bonds. The van der Waals surface area contributed by atoms with Crippen LogP contribution in [0.15, 0.2) is 33.2 Å². The van der Waals surface area contributed by atoms with Crippen LogP contribution in [-0.4, -0.2) is 20.8 Å². The van der Waals surface area contributed by atoms with E-state index in [9.17, 15) is 8.78 Å². The van der Waals surface area contributed by atoms with Gasteiger partial charge in [0.05, 0.1) is 0 Å². The van der Waals surface area contributed by atoms with E-state index in [1.54, 1.807) is 0 Å². The van der Waals surface area contributed by atoms with Gasteiger partial charge in [-0.25, -0.2) is 0 Å². The Kier molecular flexibility index (Phi) is 8.89. The average Bonchev–Trinajstić information content (AvgIpc) is 2.53. The predicted molar refractivity (Wildman–Crippen MR) is 124 cm³/mol. The molecule has 0 aliphatic rings. The Morgan fingerprint density at radius 2 is 1.30 bits per heavy atom. The minimum atomic E-state index is -2.52. The van der Waals surface area contributed by atoms with Gasteiger partial charge in [-0.2, -0.15) is 0 Å². The zero-order valence-electron chi connectivity index (χ0n) is 15.3. The Labute approximate surface area is 189 Å². The molecule has 8 heteroatoms. The molecule has 0 radical (unpaired) electrons. The molecule has 2 aromatic carbocycles. The summed E-state index contributed by atoms with van der Waals surface area (Å²) in [4.78, 5) is 0. The molecule has 0 fully saturated rings. The van der Waals surface area contributed by atoms with E-state index in [-0.39, 0.29) is 11.6 Å². The number of ether oxygens (including phenoxy) is 2. The first-order valence-electron chi connectivity index (χ1n) is 8.51. The zero-order valence-corrected chi connectivity index (χ0v) is 22.8. The van der Waals surface area contributed by atoms with Crippen LogP contribution in [0.25, 0.3) is 0 Å². The molecule has 148 valence electrons. The molecule has 0 unspecified atom stereocenters. The Bertz CT molecular complexity index is 713. The molecule has 0 saturated heterocycles. The summed E-state index contributed by atoms with van der Waals surface area (Å²) in [6.45, 7) is 5.82. The topological polar surface area (TPSA) is 18.5 Å². The summed E-state index contributed by atoms with van der Waals surface area (Å²) in [5.41, 5.74) is 2.71. The molecule has 0 spiro atoms. The van der Waals surface area contributed by atoms with Crippen LogP contribution in [0, 0.1) is 25.5 Å². The Balaban J connectivity index is 2.13. The quantitative estimate of drug-likeness (QED) is 0.214. The van der Waals surface area contributed by atoms with E-state index in [1.165, 1.54) is 24.3 Å². The fraction of sp³-hybridized carbons (Fsp3) is 0.368. The molecule has 2 aromatic rings. The van der Waals surface area contributed by atoms with Crippen LogP contribution in [0.5, 0.6) is 11.5 Å². The summed E-state index contributed by atoms with van der Waals surface area (Å²) in [5.74, 6) is 0.779. The van der Waals surface area contributed by atoms with Gasteiger partial charge in [-0.1, -0.05) is 0 Å². The Hall–Kier alpha value is 0.133. The van der Waals surface area contributed by atoms with E-state index in [2.05, 4.69) is 59.0 Å². The number of hydrogen-bond acceptors (Lipinski definition) is 2. The van der Waals surface area contributed by atoms with Crippen molar-refractivity contribution < 1.29 is 18.3 Å². The Morgan fingerprint density at radius 3 is 1.63 bits per heavy atom. The van der Waals surface area contributed by atoms with Crippen molar-refractivity contribution in [3.8, 4) is 11.5 Å². The number of hydrogen-bond donors (Lipinski definition) is 0. The SMILES string of the molecule is CC[CH2][Ge]([I])([CH2]Oc1c(C)cc(F)cc1Br)[CH2]Oc1c(C)cc(F)cc1Br. The molecule has 0 saturated carbocycles. The average molecular weight is 679 g/mol. The van der Waals surface area contributed by atoms with Crippen molar-refractivity contribution >= 4 is 62.0 Å². The predicted octanol–water partition coefficient (Wildman–Crippen LogP) is 7.43. The molecule has 0 N–H and O–H groups in total. The second-order valence-electron chi connectivity index (χ2n) is 6.55. The Morgan fingerprint density at radius 1 is 0.889 bits per heavy atom. The second-order valence-corrected chi connectivity index (χ2v) is 27.2. The van der Waals surface area contributed by atoms with Gasteiger partial charge in [0.1, 0.15) is 0 Å². The van der Waals surface area contributed by atoms with Crippen LogP contribution in [-0.2, 0) is 0 Å². The fourth-order valence-electron chi connectivity index (χ4n) is 2.78. The second kappa shape index (κ2) is 10.2. The molecule has 2 nitrogen and oxygen atoms in total. The van der Waals surface area contributed by atoms with Crippen LogP contribution >= 0.6 is 52.1 Å². The van der Waals surface area contributed by atoms with E-state index in [0.29, 0.717) is 31.3 Å². The normalized spacial score (nSPS) is 11.6. The summed E-state index contributed by atoms with van der Waals surface area (Å²) in [6.07, 6.45) is 1.04.